The number of anilines is 1. The third-order valence-corrected chi connectivity index (χ3v) is 3.12. The number of amides is 2. The predicted octanol–water partition coefficient (Wildman–Crippen LogP) is 2.07. The van der Waals surface area contributed by atoms with Crippen molar-refractivity contribution in [3.8, 4) is 5.75 Å². The number of hydrogen-bond donors (Lipinski definition) is 3. The molecule has 3 N–H and O–H groups in total. The lowest BCUT2D eigenvalue weighted by molar-refractivity contribution is -0.139. The van der Waals surface area contributed by atoms with Crippen molar-refractivity contribution in [2.24, 2.45) is 0 Å². The van der Waals surface area contributed by atoms with Gasteiger partial charge in [-0.15, -0.1) is 0 Å². The first-order chi connectivity index (χ1) is 9.97. The number of methoxy groups -OCH3 is 2. The Bertz CT molecular complexity index is 509. The molecule has 0 aliphatic rings. The SMILES string of the molecule is COCCC(NC(=O)Nc1cc(Br)ccc1OC)C(=O)O. The molecule has 0 heterocycles. The number of urea groups is 1. The van der Waals surface area contributed by atoms with E-state index in [2.05, 4.69) is 26.6 Å². The summed E-state index contributed by atoms with van der Waals surface area (Å²) in [5.74, 6) is -0.652. The number of carboxylic acids is 1. The molecule has 0 saturated carbocycles. The minimum absolute atomic E-state index is 0.175. The lowest BCUT2D eigenvalue weighted by Gasteiger charge is -2.16. The molecule has 7 nitrogen and oxygen atoms in total. The first kappa shape index (κ1) is 17.3. The summed E-state index contributed by atoms with van der Waals surface area (Å²) in [4.78, 5) is 22.9. The molecule has 0 spiro atoms. The zero-order valence-electron chi connectivity index (χ0n) is 11.7. The number of benzene rings is 1. The fraction of sp³-hybridized carbons (Fsp3) is 0.385. The van der Waals surface area contributed by atoms with Gasteiger partial charge in [-0.3, -0.25) is 0 Å². The number of rotatable bonds is 7. The number of carbonyl (C=O) groups excluding carboxylic acids is 1. The zero-order valence-corrected chi connectivity index (χ0v) is 13.3. The van der Waals surface area contributed by atoms with Crippen LogP contribution in [0.25, 0.3) is 0 Å². The van der Waals surface area contributed by atoms with Crippen molar-refractivity contribution in [2.75, 3.05) is 26.1 Å². The van der Waals surface area contributed by atoms with Crippen LogP contribution in [-0.4, -0.2) is 44.0 Å². The second-order valence-electron chi connectivity index (χ2n) is 4.12. The van der Waals surface area contributed by atoms with Gasteiger partial charge in [-0.25, -0.2) is 9.59 Å². The van der Waals surface area contributed by atoms with Crippen LogP contribution >= 0.6 is 15.9 Å². The van der Waals surface area contributed by atoms with Crippen LogP contribution in [-0.2, 0) is 9.53 Å². The molecular weight excluding hydrogens is 344 g/mol. The normalized spacial score (nSPS) is 11.6. The molecule has 0 radical (unpaired) electrons. The van der Waals surface area contributed by atoms with E-state index >= 15 is 0 Å². The second kappa shape index (κ2) is 8.48. The van der Waals surface area contributed by atoms with Crippen molar-refractivity contribution >= 4 is 33.6 Å². The highest BCUT2D eigenvalue weighted by atomic mass is 79.9. The van der Waals surface area contributed by atoms with Crippen LogP contribution < -0.4 is 15.4 Å². The molecule has 1 rings (SSSR count). The number of carbonyl (C=O) groups is 2. The van der Waals surface area contributed by atoms with Crippen molar-refractivity contribution < 1.29 is 24.2 Å². The van der Waals surface area contributed by atoms with E-state index in [-0.39, 0.29) is 13.0 Å². The summed E-state index contributed by atoms with van der Waals surface area (Å²) >= 11 is 3.29. The standard InChI is InChI=1S/C13H17BrN2O5/c1-20-6-5-9(12(17)18)15-13(19)16-10-7-8(14)3-4-11(10)21-2/h3-4,7,9H,5-6H2,1-2H3,(H,17,18)(H2,15,16,19). The van der Waals surface area contributed by atoms with E-state index in [9.17, 15) is 9.59 Å². The summed E-state index contributed by atoms with van der Waals surface area (Å²) in [6.07, 6.45) is 0.175. The van der Waals surface area contributed by atoms with Crippen molar-refractivity contribution in [1.29, 1.82) is 0 Å². The topological polar surface area (TPSA) is 96.9 Å². The molecule has 1 atom stereocenters. The third-order valence-electron chi connectivity index (χ3n) is 2.62. The van der Waals surface area contributed by atoms with E-state index in [1.807, 2.05) is 0 Å². The second-order valence-corrected chi connectivity index (χ2v) is 5.03. The molecule has 116 valence electrons. The quantitative estimate of drug-likeness (QED) is 0.691. The number of nitrogens with one attached hydrogen (secondary N) is 2. The number of halogens is 1. The molecule has 1 unspecified atom stereocenters. The summed E-state index contributed by atoms with van der Waals surface area (Å²) in [7, 11) is 2.94. The molecule has 21 heavy (non-hydrogen) atoms. The lowest BCUT2D eigenvalue weighted by Crippen LogP contribution is -2.43. The summed E-state index contributed by atoms with van der Waals surface area (Å²) < 4.78 is 10.7. The Labute approximate surface area is 130 Å². The minimum Gasteiger partial charge on any atom is -0.495 e. The molecule has 2 amide bonds. The molecule has 0 saturated heterocycles. The molecule has 0 fully saturated rings. The molecule has 0 aromatic heterocycles. The first-order valence-electron chi connectivity index (χ1n) is 6.10. The molecule has 0 aliphatic carbocycles. The van der Waals surface area contributed by atoms with E-state index in [4.69, 9.17) is 14.6 Å². The van der Waals surface area contributed by atoms with Gasteiger partial charge in [-0.2, -0.15) is 0 Å². The van der Waals surface area contributed by atoms with Gasteiger partial charge in [0.25, 0.3) is 0 Å². The Morgan fingerprint density at radius 1 is 1.38 bits per heavy atom. The molecular formula is C13H17BrN2O5. The van der Waals surface area contributed by atoms with Gasteiger partial charge in [0.1, 0.15) is 11.8 Å². The number of aliphatic carboxylic acids is 1. The molecule has 0 bridgehead atoms. The highest BCUT2D eigenvalue weighted by molar-refractivity contribution is 9.10. The van der Waals surface area contributed by atoms with E-state index in [0.717, 1.165) is 4.47 Å². The fourth-order valence-electron chi connectivity index (χ4n) is 1.59. The first-order valence-corrected chi connectivity index (χ1v) is 6.90. The van der Waals surface area contributed by atoms with Gasteiger partial charge < -0.3 is 25.2 Å². The van der Waals surface area contributed by atoms with Gasteiger partial charge in [-0.05, 0) is 18.2 Å². The van der Waals surface area contributed by atoms with E-state index in [0.29, 0.717) is 11.4 Å². The average Bonchev–Trinajstić information content (AvgIpc) is 2.43. The minimum atomic E-state index is -1.12. The highest BCUT2D eigenvalue weighted by Gasteiger charge is 2.20. The summed E-state index contributed by atoms with van der Waals surface area (Å²) in [6, 6.07) is 3.45. The van der Waals surface area contributed by atoms with Gasteiger partial charge in [0, 0.05) is 24.6 Å². The Balaban J connectivity index is 2.71. The van der Waals surface area contributed by atoms with Gasteiger partial charge in [0.2, 0.25) is 0 Å². The maximum Gasteiger partial charge on any atom is 0.326 e. The van der Waals surface area contributed by atoms with Crippen LogP contribution in [0.3, 0.4) is 0 Å². The summed E-state index contributed by atoms with van der Waals surface area (Å²) in [5, 5.41) is 14.0. The van der Waals surface area contributed by atoms with Crippen molar-refractivity contribution in [3.63, 3.8) is 0 Å². The zero-order chi connectivity index (χ0) is 15.8. The van der Waals surface area contributed by atoms with Gasteiger partial charge >= 0.3 is 12.0 Å². The van der Waals surface area contributed by atoms with Crippen LogP contribution in [0.5, 0.6) is 5.75 Å². The van der Waals surface area contributed by atoms with Crippen molar-refractivity contribution in [2.45, 2.75) is 12.5 Å². The van der Waals surface area contributed by atoms with E-state index < -0.39 is 18.0 Å². The lowest BCUT2D eigenvalue weighted by atomic mass is 10.2. The fourth-order valence-corrected chi connectivity index (χ4v) is 1.95. The van der Waals surface area contributed by atoms with Gasteiger partial charge in [0.15, 0.2) is 0 Å². The molecule has 0 aliphatic heterocycles. The number of ether oxygens (including phenoxy) is 2. The Morgan fingerprint density at radius 2 is 2.10 bits per heavy atom. The predicted molar refractivity (Wildman–Crippen MR) is 80.8 cm³/mol. The van der Waals surface area contributed by atoms with Crippen LogP contribution in [0.2, 0.25) is 0 Å². The smallest absolute Gasteiger partial charge is 0.326 e. The van der Waals surface area contributed by atoms with Crippen LogP contribution in [0.4, 0.5) is 10.5 Å². The van der Waals surface area contributed by atoms with Gasteiger partial charge in [-0.1, -0.05) is 15.9 Å². The number of carboxylic acid groups (broad SMARTS) is 1. The molecule has 8 heteroatoms. The molecule has 1 aromatic rings. The van der Waals surface area contributed by atoms with Crippen LogP contribution in [0.1, 0.15) is 6.42 Å². The number of hydrogen-bond acceptors (Lipinski definition) is 4. The average molecular weight is 361 g/mol. The Hall–Kier alpha value is -1.80. The van der Waals surface area contributed by atoms with E-state index in [1.54, 1.807) is 18.2 Å². The maximum atomic E-state index is 11.9. The Kier molecular flexibility index (Phi) is 6.97. The monoisotopic (exact) mass is 360 g/mol. The Morgan fingerprint density at radius 3 is 2.67 bits per heavy atom. The summed E-state index contributed by atoms with van der Waals surface area (Å²) in [6.45, 7) is 0.234. The summed E-state index contributed by atoms with van der Waals surface area (Å²) in [5.41, 5.74) is 0.431. The van der Waals surface area contributed by atoms with Crippen molar-refractivity contribution in [1.82, 2.24) is 5.32 Å². The maximum absolute atomic E-state index is 11.9. The van der Waals surface area contributed by atoms with Crippen LogP contribution in [0.15, 0.2) is 22.7 Å². The van der Waals surface area contributed by atoms with Gasteiger partial charge in [0.05, 0.1) is 12.8 Å². The van der Waals surface area contributed by atoms with Crippen molar-refractivity contribution in [3.05, 3.63) is 22.7 Å². The largest absolute Gasteiger partial charge is 0.495 e. The molecule has 1 aromatic carbocycles. The van der Waals surface area contributed by atoms with E-state index in [1.165, 1.54) is 14.2 Å². The highest BCUT2D eigenvalue weighted by Crippen LogP contribution is 2.27. The van der Waals surface area contributed by atoms with Crippen LogP contribution in [0, 0.1) is 0 Å². The third kappa shape index (κ3) is 5.60.